The number of hydrogen-bond donors (Lipinski definition) is 2. The van der Waals surface area contributed by atoms with E-state index in [1.807, 2.05) is 32.0 Å². The molecule has 2 N–H and O–H groups in total. The Bertz CT molecular complexity index is 743. The maximum Gasteiger partial charge on any atom is 0.123 e. The first-order valence-electron chi connectivity index (χ1n) is 9.73. The third-order valence-electron chi connectivity index (χ3n) is 4.89. The molecule has 0 saturated carbocycles. The molecule has 0 aromatic heterocycles. The Morgan fingerprint density at radius 2 is 1.79 bits per heavy atom. The molecule has 4 nitrogen and oxygen atoms in total. The summed E-state index contributed by atoms with van der Waals surface area (Å²) in [7, 11) is 1.65. The van der Waals surface area contributed by atoms with Gasteiger partial charge in [0.25, 0.3) is 0 Å². The van der Waals surface area contributed by atoms with Crippen LogP contribution >= 0.6 is 11.8 Å². The SMILES string of the molecule is CCOc1ccc(Cc2cc(C(CO)SC(C)C(C)O)c(OC)cc2C)cc1. The van der Waals surface area contributed by atoms with Gasteiger partial charge in [0, 0.05) is 10.8 Å². The van der Waals surface area contributed by atoms with Crippen LogP contribution < -0.4 is 9.47 Å². The minimum Gasteiger partial charge on any atom is -0.496 e. The highest BCUT2D eigenvalue weighted by Crippen LogP contribution is 2.39. The summed E-state index contributed by atoms with van der Waals surface area (Å²) in [6.07, 6.45) is 0.350. The van der Waals surface area contributed by atoms with Gasteiger partial charge < -0.3 is 19.7 Å². The lowest BCUT2D eigenvalue weighted by Gasteiger charge is -2.24. The molecule has 0 fully saturated rings. The maximum atomic E-state index is 9.99. The zero-order chi connectivity index (χ0) is 20.7. The van der Waals surface area contributed by atoms with Crippen molar-refractivity contribution in [2.45, 2.75) is 50.7 Å². The number of methoxy groups -OCH3 is 1. The Kier molecular flexibility index (Phi) is 8.67. The van der Waals surface area contributed by atoms with Gasteiger partial charge in [-0.1, -0.05) is 25.1 Å². The molecule has 0 aliphatic heterocycles. The molecule has 28 heavy (non-hydrogen) atoms. The van der Waals surface area contributed by atoms with Crippen molar-refractivity contribution >= 4 is 11.8 Å². The van der Waals surface area contributed by atoms with Gasteiger partial charge in [0.1, 0.15) is 11.5 Å². The molecule has 0 heterocycles. The summed E-state index contributed by atoms with van der Waals surface area (Å²) >= 11 is 1.57. The minimum atomic E-state index is -0.446. The predicted molar refractivity (Wildman–Crippen MR) is 117 cm³/mol. The fourth-order valence-electron chi connectivity index (χ4n) is 3.04. The second kappa shape index (κ2) is 10.7. The van der Waals surface area contributed by atoms with E-state index in [9.17, 15) is 10.2 Å². The van der Waals surface area contributed by atoms with E-state index >= 15 is 0 Å². The molecule has 0 saturated heterocycles. The molecule has 3 atom stereocenters. The van der Waals surface area contributed by atoms with Crippen molar-refractivity contribution in [2.75, 3.05) is 20.3 Å². The van der Waals surface area contributed by atoms with Crippen molar-refractivity contribution in [2.24, 2.45) is 0 Å². The first kappa shape index (κ1) is 22.6. The lowest BCUT2D eigenvalue weighted by Crippen LogP contribution is -2.18. The summed E-state index contributed by atoms with van der Waals surface area (Å²) in [6, 6.07) is 12.3. The highest BCUT2D eigenvalue weighted by Gasteiger charge is 2.22. The van der Waals surface area contributed by atoms with E-state index < -0.39 is 6.10 Å². The van der Waals surface area contributed by atoms with Gasteiger partial charge >= 0.3 is 0 Å². The molecular weight excluding hydrogens is 372 g/mol. The monoisotopic (exact) mass is 404 g/mol. The van der Waals surface area contributed by atoms with Crippen LogP contribution in [0.2, 0.25) is 0 Å². The summed E-state index contributed by atoms with van der Waals surface area (Å²) in [6.45, 7) is 8.45. The molecule has 5 heteroatoms. The molecule has 0 aliphatic carbocycles. The third kappa shape index (κ3) is 5.90. The number of benzene rings is 2. The quantitative estimate of drug-likeness (QED) is 0.609. The largest absolute Gasteiger partial charge is 0.496 e. The first-order chi connectivity index (χ1) is 13.4. The van der Waals surface area contributed by atoms with Gasteiger partial charge in [-0.05, 0) is 62.1 Å². The van der Waals surface area contributed by atoms with E-state index in [0.717, 1.165) is 29.0 Å². The Labute approximate surface area is 172 Å². The molecule has 0 spiro atoms. The van der Waals surface area contributed by atoms with Crippen molar-refractivity contribution in [1.29, 1.82) is 0 Å². The molecule has 0 amide bonds. The van der Waals surface area contributed by atoms with E-state index in [4.69, 9.17) is 9.47 Å². The highest BCUT2D eigenvalue weighted by atomic mass is 32.2. The topological polar surface area (TPSA) is 58.9 Å². The summed E-state index contributed by atoms with van der Waals surface area (Å²) in [5.74, 6) is 1.65. The van der Waals surface area contributed by atoms with Crippen LogP contribution in [0.3, 0.4) is 0 Å². The van der Waals surface area contributed by atoms with Crippen molar-refractivity contribution in [3.63, 3.8) is 0 Å². The van der Waals surface area contributed by atoms with Crippen LogP contribution in [0, 0.1) is 6.92 Å². The van der Waals surface area contributed by atoms with Gasteiger partial charge in [-0.3, -0.25) is 0 Å². The smallest absolute Gasteiger partial charge is 0.123 e. The molecule has 0 radical (unpaired) electrons. The second-order valence-electron chi connectivity index (χ2n) is 7.03. The van der Waals surface area contributed by atoms with E-state index in [2.05, 4.69) is 25.1 Å². The van der Waals surface area contributed by atoms with Crippen LogP contribution in [0.4, 0.5) is 0 Å². The van der Waals surface area contributed by atoms with E-state index in [1.165, 1.54) is 11.1 Å². The van der Waals surface area contributed by atoms with Crippen molar-refractivity contribution in [3.8, 4) is 11.5 Å². The minimum absolute atomic E-state index is 0.0103. The standard InChI is InChI=1S/C23H32O4S/c1-6-27-20-9-7-18(8-10-20)12-19-13-21(22(26-5)11-15(19)2)23(14-24)28-17(4)16(3)25/h7-11,13,16-17,23-25H,6,12,14H2,1-5H3. The van der Waals surface area contributed by atoms with Crippen molar-refractivity contribution in [1.82, 2.24) is 0 Å². The number of aliphatic hydroxyl groups excluding tert-OH is 2. The van der Waals surface area contributed by atoms with E-state index in [1.54, 1.807) is 25.8 Å². The van der Waals surface area contributed by atoms with Gasteiger partial charge in [-0.25, -0.2) is 0 Å². The molecule has 2 aromatic carbocycles. The average molecular weight is 405 g/mol. The fraction of sp³-hybridized carbons (Fsp3) is 0.478. The van der Waals surface area contributed by atoms with E-state index in [-0.39, 0.29) is 17.1 Å². The van der Waals surface area contributed by atoms with Gasteiger partial charge in [-0.15, -0.1) is 11.8 Å². The third-order valence-corrected chi connectivity index (χ3v) is 6.44. The molecule has 0 bridgehead atoms. The van der Waals surface area contributed by atoms with Crippen LogP contribution in [-0.2, 0) is 6.42 Å². The fourth-order valence-corrected chi connectivity index (χ4v) is 4.20. The normalized spacial score (nSPS) is 14.4. The van der Waals surface area contributed by atoms with Gasteiger partial charge in [0.2, 0.25) is 0 Å². The zero-order valence-electron chi connectivity index (χ0n) is 17.4. The van der Waals surface area contributed by atoms with Crippen LogP contribution in [-0.4, -0.2) is 41.9 Å². The summed E-state index contributed by atoms with van der Waals surface area (Å²) < 4.78 is 11.1. The van der Waals surface area contributed by atoms with Crippen LogP contribution in [0.25, 0.3) is 0 Å². The van der Waals surface area contributed by atoms with Gasteiger partial charge in [0.05, 0.1) is 31.7 Å². The molecule has 2 aromatic rings. The summed E-state index contributed by atoms with van der Waals surface area (Å²) in [4.78, 5) is 0. The number of hydrogen-bond acceptors (Lipinski definition) is 5. The Morgan fingerprint density at radius 3 is 2.32 bits per heavy atom. The number of thioether (sulfide) groups is 1. The van der Waals surface area contributed by atoms with Crippen molar-refractivity contribution in [3.05, 3.63) is 58.7 Å². The summed E-state index contributed by atoms with van der Waals surface area (Å²) in [5.41, 5.74) is 4.52. The molecular formula is C23H32O4S. The van der Waals surface area contributed by atoms with Crippen LogP contribution in [0.1, 0.15) is 48.3 Å². The highest BCUT2D eigenvalue weighted by molar-refractivity contribution is 8.00. The zero-order valence-corrected chi connectivity index (χ0v) is 18.3. The van der Waals surface area contributed by atoms with E-state index in [0.29, 0.717) is 6.61 Å². The molecule has 0 aliphatic rings. The number of ether oxygens (including phenoxy) is 2. The Hall–Kier alpha value is -1.69. The lowest BCUT2D eigenvalue weighted by molar-refractivity contribution is 0.195. The number of aliphatic hydroxyl groups is 2. The summed E-state index contributed by atoms with van der Waals surface area (Å²) in [5, 5.41) is 19.7. The molecule has 2 rings (SSSR count). The number of aryl methyl sites for hydroxylation is 1. The Balaban J connectivity index is 2.31. The average Bonchev–Trinajstić information content (AvgIpc) is 2.68. The maximum absolute atomic E-state index is 9.99. The van der Waals surface area contributed by atoms with Gasteiger partial charge in [-0.2, -0.15) is 0 Å². The second-order valence-corrected chi connectivity index (χ2v) is 8.61. The first-order valence-corrected chi connectivity index (χ1v) is 10.7. The Morgan fingerprint density at radius 1 is 1.11 bits per heavy atom. The van der Waals surface area contributed by atoms with Crippen LogP contribution in [0.5, 0.6) is 11.5 Å². The number of rotatable bonds is 10. The lowest BCUT2D eigenvalue weighted by atomic mass is 9.96. The van der Waals surface area contributed by atoms with Gasteiger partial charge in [0.15, 0.2) is 0 Å². The molecule has 3 unspecified atom stereocenters. The molecule has 154 valence electrons. The predicted octanol–water partition coefficient (Wildman–Crippen LogP) is 4.53. The van der Waals surface area contributed by atoms with Crippen LogP contribution in [0.15, 0.2) is 36.4 Å². The van der Waals surface area contributed by atoms with Crippen molar-refractivity contribution < 1.29 is 19.7 Å².